The fourth-order valence-corrected chi connectivity index (χ4v) is 6.17. The summed E-state index contributed by atoms with van der Waals surface area (Å²) in [6.45, 7) is 1.21. The van der Waals surface area contributed by atoms with E-state index in [4.69, 9.17) is 0 Å². The molecule has 2 aromatic rings. The predicted molar refractivity (Wildman–Crippen MR) is 135 cm³/mol. The molecule has 0 aliphatic carbocycles. The first-order chi connectivity index (χ1) is 18.1. The lowest BCUT2D eigenvalue weighted by Gasteiger charge is -2.49. The van der Waals surface area contributed by atoms with Gasteiger partial charge in [-0.05, 0) is 21.6 Å². The van der Waals surface area contributed by atoms with E-state index in [0.29, 0.717) is 22.0 Å². The van der Waals surface area contributed by atoms with Gasteiger partial charge < -0.3 is 15.7 Å². The van der Waals surface area contributed by atoms with Gasteiger partial charge >= 0.3 is 12.0 Å². The van der Waals surface area contributed by atoms with Crippen LogP contribution >= 0.6 is 23.5 Å². The number of fused-ring (bicyclic) bond motifs is 1. The highest BCUT2D eigenvalue weighted by molar-refractivity contribution is 8.01. The standard InChI is InChI=1S/C22H24N8O6S2/c1-11(31)28(2)21(36)24-14(12-7-5-4-6-8-12)17(32)23-15-18(33)30-16(20(34)35)13(9-37-19(15)30)10-38-22-25-26-27-29(22)3/h4-8,14-15,19H,9-10H2,1-3H3,(H,23,32)(H,24,36)(H,34,35)/t14-,15?,19-/m1/s1. The quantitative estimate of drug-likeness (QED) is 0.291. The van der Waals surface area contributed by atoms with Crippen molar-refractivity contribution in [2.24, 2.45) is 7.05 Å². The molecular formula is C22H24N8O6S2. The Bertz CT molecular complexity index is 1320. The molecule has 1 aromatic carbocycles. The third-order valence-electron chi connectivity index (χ3n) is 5.94. The van der Waals surface area contributed by atoms with Crippen LogP contribution < -0.4 is 10.6 Å². The van der Waals surface area contributed by atoms with E-state index in [2.05, 4.69) is 26.2 Å². The summed E-state index contributed by atoms with van der Waals surface area (Å²) in [7, 11) is 2.94. The van der Waals surface area contributed by atoms with Crippen LogP contribution in [0.3, 0.4) is 0 Å². The number of nitrogens with zero attached hydrogens (tertiary/aromatic N) is 6. The van der Waals surface area contributed by atoms with Gasteiger partial charge in [0.05, 0.1) is 0 Å². The summed E-state index contributed by atoms with van der Waals surface area (Å²) < 4.78 is 1.46. The number of nitrogens with one attached hydrogen (secondary N) is 2. The van der Waals surface area contributed by atoms with Crippen molar-refractivity contribution in [2.75, 3.05) is 18.6 Å². The second kappa shape index (κ2) is 11.2. The normalized spacial score (nSPS) is 19.2. The smallest absolute Gasteiger partial charge is 0.352 e. The van der Waals surface area contributed by atoms with E-state index < -0.39 is 47.2 Å². The van der Waals surface area contributed by atoms with Gasteiger partial charge in [0.2, 0.25) is 17.0 Å². The lowest BCUT2D eigenvalue weighted by molar-refractivity contribution is -0.151. The maximum Gasteiger partial charge on any atom is 0.352 e. The van der Waals surface area contributed by atoms with Gasteiger partial charge in [0, 0.05) is 32.5 Å². The molecule has 0 bridgehead atoms. The van der Waals surface area contributed by atoms with Crippen LogP contribution in [0.1, 0.15) is 18.5 Å². The molecule has 1 aromatic heterocycles. The van der Waals surface area contributed by atoms with Gasteiger partial charge in [0.1, 0.15) is 23.2 Å². The molecule has 200 valence electrons. The van der Waals surface area contributed by atoms with Crippen molar-refractivity contribution in [1.29, 1.82) is 0 Å². The highest BCUT2D eigenvalue weighted by Gasteiger charge is 2.54. The number of aromatic nitrogens is 4. The van der Waals surface area contributed by atoms with E-state index >= 15 is 0 Å². The van der Waals surface area contributed by atoms with Crippen molar-refractivity contribution in [3.8, 4) is 0 Å². The molecule has 14 nitrogen and oxygen atoms in total. The first kappa shape index (κ1) is 27.1. The highest BCUT2D eigenvalue weighted by atomic mass is 32.2. The Morgan fingerprint density at radius 1 is 1.26 bits per heavy atom. The molecule has 1 fully saturated rings. The monoisotopic (exact) mass is 560 g/mol. The lowest BCUT2D eigenvalue weighted by Crippen LogP contribution is -2.71. The molecule has 3 N–H and O–H groups in total. The fraction of sp³-hybridized carbons (Fsp3) is 0.364. The number of imide groups is 1. The summed E-state index contributed by atoms with van der Waals surface area (Å²) in [5.41, 5.74) is 0.855. The zero-order chi connectivity index (χ0) is 27.6. The Hall–Kier alpha value is -3.92. The van der Waals surface area contributed by atoms with Gasteiger partial charge in [0.25, 0.3) is 5.91 Å². The van der Waals surface area contributed by atoms with E-state index in [1.807, 2.05) is 0 Å². The Kier molecular flexibility index (Phi) is 8.01. The number of urea groups is 1. The molecule has 16 heteroatoms. The number of carboxylic acids is 1. The molecular weight excluding hydrogens is 536 g/mol. The van der Waals surface area contributed by atoms with E-state index in [1.165, 1.54) is 47.1 Å². The number of thioether (sulfide) groups is 2. The van der Waals surface area contributed by atoms with E-state index in [-0.39, 0.29) is 11.4 Å². The maximum atomic E-state index is 13.3. The molecule has 0 radical (unpaired) electrons. The number of benzene rings is 1. The molecule has 3 heterocycles. The predicted octanol–water partition coefficient (Wildman–Crippen LogP) is -0.0300. The van der Waals surface area contributed by atoms with Crippen LogP contribution in [-0.2, 0) is 26.2 Å². The number of carbonyl (C=O) groups is 5. The Morgan fingerprint density at radius 3 is 2.58 bits per heavy atom. The fourth-order valence-electron chi connectivity index (χ4n) is 3.84. The van der Waals surface area contributed by atoms with Crippen LogP contribution in [0.4, 0.5) is 4.79 Å². The minimum absolute atomic E-state index is 0.122. The number of rotatable bonds is 8. The van der Waals surface area contributed by atoms with Crippen molar-refractivity contribution >= 4 is 53.2 Å². The van der Waals surface area contributed by atoms with E-state index in [1.54, 1.807) is 37.4 Å². The second-order valence-electron chi connectivity index (χ2n) is 8.40. The second-order valence-corrected chi connectivity index (χ2v) is 10.4. The zero-order valence-electron chi connectivity index (χ0n) is 20.5. The molecule has 0 spiro atoms. The Morgan fingerprint density at radius 2 is 1.97 bits per heavy atom. The van der Waals surface area contributed by atoms with Gasteiger partial charge in [0.15, 0.2) is 0 Å². The molecule has 5 amide bonds. The summed E-state index contributed by atoms with van der Waals surface area (Å²) in [5.74, 6) is -2.42. The summed E-state index contributed by atoms with van der Waals surface area (Å²) in [5, 5.41) is 26.1. The molecule has 1 unspecified atom stereocenters. The van der Waals surface area contributed by atoms with Crippen molar-refractivity contribution in [2.45, 2.75) is 29.5 Å². The number of aryl methyl sites for hydroxylation is 1. The average molecular weight is 561 g/mol. The SMILES string of the molecule is CC(=O)N(C)C(=O)N[C@@H](C(=O)NC1C(=O)N2C(C(=O)O)=C(CSc3nnnn3C)CS[C@H]12)c1ccccc1. The summed E-state index contributed by atoms with van der Waals surface area (Å²) in [6.07, 6.45) is 0. The molecule has 2 aliphatic rings. The molecule has 1 saturated heterocycles. The van der Waals surface area contributed by atoms with Gasteiger partial charge in [-0.1, -0.05) is 42.1 Å². The minimum atomic E-state index is -1.25. The number of hydrogen-bond donors (Lipinski definition) is 3. The van der Waals surface area contributed by atoms with Crippen molar-refractivity contribution in [1.82, 2.24) is 40.6 Å². The topological polar surface area (TPSA) is 180 Å². The highest BCUT2D eigenvalue weighted by Crippen LogP contribution is 2.41. The van der Waals surface area contributed by atoms with Gasteiger partial charge in [-0.15, -0.1) is 16.9 Å². The Labute approximate surface area is 225 Å². The van der Waals surface area contributed by atoms with E-state index in [0.717, 1.165) is 4.90 Å². The first-order valence-electron chi connectivity index (χ1n) is 11.3. The summed E-state index contributed by atoms with van der Waals surface area (Å²) in [6, 6.07) is 5.40. The van der Waals surface area contributed by atoms with Crippen LogP contribution in [-0.4, -0.2) is 94.8 Å². The zero-order valence-corrected chi connectivity index (χ0v) is 22.2. The van der Waals surface area contributed by atoms with Crippen LogP contribution in [0.25, 0.3) is 0 Å². The molecule has 4 rings (SSSR count). The number of aliphatic carboxylic acids is 1. The number of amides is 5. The molecule has 38 heavy (non-hydrogen) atoms. The van der Waals surface area contributed by atoms with Crippen LogP contribution in [0.2, 0.25) is 0 Å². The maximum absolute atomic E-state index is 13.3. The van der Waals surface area contributed by atoms with Gasteiger partial charge in [-0.3, -0.25) is 24.2 Å². The number of tetrazole rings is 1. The van der Waals surface area contributed by atoms with E-state index in [9.17, 15) is 29.1 Å². The van der Waals surface area contributed by atoms with Crippen LogP contribution in [0, 0.1) is 0 Å². The van der Waals surface area contributed by atoms with Crippen molar-refractivity contribution < 1.29 is 29.1 Å². The third kappa shape index (κ3) is 5.35. The summed E-state index contributed by atoms with van der Waals surface area (Å²) >= 11 is 2.57. The largest absolute Gasteiger partial charge is 0.477 e. The molecule has 3 atom stereocenters. The Balaban J connectivity index is 1.50. The lowest BCUT2D eigenvalue weighted by atomic mass is 10.0. The number of hydrogen-bond acceptors (Lipinski definition) is 10. The molecule has 0 saturated carbocycles. The number of carboxylic acid groups (broad SMARTS) is 1. The van der Waals surface area contributed by atoms with Gasteiger partial charge in [-0.2, -0.15) is 0 Å². The number of carbonyl (C=O) groups excluding carboxylic acids is 4. The van der Waals surface area contributed by atoms with Crippen molar-refractivity contribution in [3.63, 3.8) is 0 Å². The summed E-state index contributed by atoms with van der Waals surface area (Å²) in [4.78, 5) is 64.6. The minimum Gasteiger partial charge on any atom is -0.477 e. The van der Waals surface area contributed by atoms with Crippen molar-refractivity contribution in [3.05, 3.63) is 47.2 Å². The van der Waals surface area contributed by atoms with Gasteiger partial charge in [-0.25, -0.2) is 14.3 Å². The third-order valence-corrected chi connectivity index (χ3v) is 8.38. The average Bonchev–Trinajstić information content (AvgIpc) is 3.32. The molecule has 2 aliphatic heterocycles. The van der Waals surface area contributed by atoms with Crippen LogP contribution in [0.15, 0.2) is 46.8 Å². The first-order valence-corrected chi connectivity index (χ1v) is 13.3. The van der Waals surface area contributed by atoms with Crippen LogP contribution in [0.5, 0.6) is 0 Å². The number of β-lactam (4-membered cyclic amide) rings is 1.